The zero-order chi connectivity index (χ0) is 11.8. The van der Waals surface area contributed by atoms with E-state index < -0.39 is 31.8 Å². The smallest absolute Gasteiger partial charge is 0.282 e. The Balaban J connectivity index is 3.59. The molecule has 0 radical (unpaired) electrons. The number of nitrogen functional groups attached to an aromatic ring is 2. The molecule has 5 nitrogen and oxygen atoms in total. The molecular weight excluding hydrogens is 252 g/mol. The van der Waals surface area contributed by atoms with Gasteiger partial charge in [-0.3, -0.25) is 4.98 Å². The highest BCUT2D eigenvalue weighted by Crippen LogP contribution is 2.33. The Labute approximate surface area is 88.5 Å². The van der Waals surface area contributed by atoms with E-state index in [2.05, 4.69) is 4.98 Å². The van der Waals surface area contributed by atoms with E-state index in [1.807, 2.05) is 0 Å². The number of nitrogens with two attached hydrogens (primary N) is 2. The van der Waals surface area contributed by atoms with Crippen molar-refractivity contribution in [2.24, 2.45) is 0 Å². The number of rotatable bonds is 2. The van der Waals surface area contributed by atoms with E-state index in [1.165, 1.54) is 0 Å². The lowest BCUT2D eigenvalue weighted by atomic mass is 10.3. The standard InChI is InChI=1S/C6H6ClF2N3O2S/c7-15(13,14)5-2(10)1-12-4(3(5)11)6(8)9/h1,6H,10-11H2. The Bertz CT molecular complexity index is 491. The number of hydrogen-bond donors (Lipinski definition) is 2. The summed E-state index contributed by atoms with van der Waals surface area (Å²) >= 11 is 0. The van der Waals surface area contributed by atoms with E-state index in [9.17, 15) is 17.2 Å². The number of halogens is 3. The monoisotopic (exact) mass is 257 g/mol. The summed E-state index contributed by atoms with van der Waals surface area (Å²) in [5.74, 6) is 0. The lowest BCUT2D eigenvalue weighted by Crippen LogP contribution is -2.08. The van der Waals surface area contributed by atoms with Crippen LogP contribution in [0.25, 0.3) is 0 Å². The third-order valence-corrected chi connectivity index (χ3v) is 2.98. The topological polar surface area (TPSA) is 99.1 Å². The molecule has 0 bridgehead atoms. The van der Waals surface area contributed by atoms with E-state index >= 15 is 0 Å². The fourth-order valence-electron chi connectivity index (χ4n) is 0.985. The minimum Gasteiger partial charge on any atom is -0.396 e. The number of aromatic nitrogens is 1. The minimum absolute atomic E-state index is 0.369. The van der Waals surface area contributed by atoms with Gasteiger partial charge in [0.25, 0.3) is 15.5 Å². The van der Waals surface area contributed by atoms with E-state index in [0.717, 1.165) is 6.20 Å². The van der Waals surface area contributed by atoms with Gasteiger partial charge in [-0.25, -0.2) is 17.2 Å². The zero-order valence-corrected chi connectivity index (χ0v) is 8.69. The van der Waals surface area contributed by atoms with Gasteiger partial charge in [-0.15, -0.1) is 0 Å². The van der Waals surface area contributed by atoms with Crippen LogP contribution in [-0.2, 0) is 9.05 Å². The van der Waals surface area contributed by atoms with Gasteiger partial charge in [0.15, 0.2) is 0 Å². The van der Waals surface area contributed by atoms with Crippen LogP contribution in [0.15, 0.2) is 11.1 Å². The molecule has 1 rings (SSSR count). The first-order valence-corrected chi connectivity index (χ1v) is 5.82. The molecule has 0 aromatic carbocycles. The number of nitrogens with zero attached hydrogens (tertiary/aromatic N) is 1. The van der Waals surface area contributed by atoms with Crippen LogP contribution in [0.2, 0.25) is 0 Å². The molecule has 9 heteroatoms. The molecule has 4 N–H and O–H groups in total. The summed E-state index contributed by atoms with van der Waals surface area (Å²) in [6.07, 6.45) is -2.23. The minimum atomic E-state index is -4.27. The normalized spacial score (nSPS) is 12.0. The lowest BCUT2D eigenvalue weighted by Gasteiger charge is -2.09. The second-order valence-corrected chi connectivity index (χ2v) is 5.08. The largest absolute Gasteiger partial charge is 0.396 e. The van der Waals surface area contributed by atoms with Crippen molar-refractivity contribution in [3.8, 4) is 0 Å². The van der Waals surface area contributed by atoms with Gasteiger partial charge in [0.05, 0.1) is 17.6 Å². The third kappa shape index (κ3) is 2.26. The molecule has 0 saturated heterocycles. The molecule has 0 aliphatic rings. The first-order chi connectivity index (χ1) is 6.75. The van der Waals surface area contributed by atoms with Gasteiger partial charge in [-0.05, 0) is 0 Å². The molecule has 1 aromatic heterocycles. The van der Waals surface area contributed by atoms with Crippen LogP contribution in [0.3, 0.4) is 0 Å². The van der Waals surface area contributed by atoms with Crippen LogP contribution < -0.4 is 11.5 Å². The second kappa shape index (κ2) is 3.78. The molecule has 0 saturated carbocycles. The first kappa shape index (κ1) is 11.9. The third-order valence-electron chi connectivity index (χ3n) is 1.58. The number of pyridine rings is 1. The Morgan fingerprint density at radius 1 is 1.40 bits per heavy atom. The predicted octanol–water partition coefficient (Wildman–Crippen LogP) is 1.11. The van der Waals surface area contributed by atoms with Gasteiger partial charge < -0.3 is 11.5 Å². The molecule has 15 heavy (non-hydrogen) atoms. The molecule has 0 atom stereocenters. The Morgan fingerprint density at radius 2 is 1.93 bits per heavy atom. The number of hydrogen-bond acceptors (Lipinski definition) is 5. The van der Waals surface area contributed by atoms with Crippen molar-refractivity contribution >= 4 is 31.1 Å². The fourth-order valence-corrected chi connectivity index (χ4v) is 2.20. The second-order valence-electron chi connectivity index (χ2n) is 2.58. The fraction of sp³-hybridized carbons (Fsp3) is 0.167. The number of anilines is 2. The maximum absolute atomic E-state index is 12.3. The molecular formula is C6H6ClF2N3O2S. The maximum atomic E-state index is 12.3. The van der Waals surface area contributed by atoms with Gasteiger partial charge in [-0.1, -0.05) is 0 Å². The predicted molar refractivity (Wildman–Crippen MR) is 51.1 cm³/mol. The van der Waals surface area contributed by atoms with Crippen molar-refractivity contribution in [2.45, 2.75) is 11.3 Å². The number of alkyl halides is 2. The summed E-state index contributed by atoms with van der Waals surface area (Å²) in [6, 6.07) is 0. The molecule has 0 unspecified atom stereocenters. The average Bonchev–Trinajstić information content (AvgIpc) is 2.00. The highest BCUT2D eigenvalue weighted by Gasteiger charge is 2.24. The summed E-state index contributed by atoms with van der Waals surface area (Å²) in [5, 5.41) is 0. The molecule has 1 heterocycles. The van der Waals surface area contributed by atoms with Crippen LogP contribution in [-0.4, -0.2) is 13.4 Å². The van der Waals surface area contributed by atoms with Crippen LogP contribution in [0.1, 0.15) is 12.1 Å². The van der Waals surface area contributed by atoms with Gasteiger partial charge in [0, 0.05) is 10.7 Å². The van der Waals surface area contributed by atoms with Crippen molar-refractivity contribution in [2.75, 3.05) is 11.5 Å². The highest BCUT2D eigenvalue weighted by atomic mass is 35.7. The highest BCUT2D eigenvalue weighted by molar-refractivity contribution is 8.14. The van der Waals surface area contributed by atoms with Crippen molar-refractivity contribution in [1.29, 1.82) is 0 Å². The van der Waals surface area contributed by atoms with E-state index in [0.29, 0.717) is 0 Å². The summed E-state index contributed by atoms with van der Waals surface area (Å²) in [4.78, 5) is 2.50. The van der Waals surface area contributed by atoms with E-state index in [4.69, 9.17) is 22.1 Å². The summed E-state index contributed by atoms with van der Waals surface area (Å²) in [6.45, 7) is 0. The molecule has 0 aliphatic heterocycles. The lowest BCUT2D eigenvalue weighted by molar-refractivity contribution is 0.147. The average molecular weight is 258 g/mol. The van der Waals surface area contributed by atoms with E-state index in [1.54, 1.807) is 0 Å². The molecule has 0 spiro atoms. The summed E-state index contributed by atoms with van der Waals surface area (Å²) in [7, 11) is 0.714. The molecule has 0 amide bonds. The molecule has 84 valence electrons. The zero-order valence-electron chi connectivity index (χ0n) is 7.12. The quantitative estimate of drug-likeness (QED) is 0.773. The van der Waals surface area contributed by atoms with Crippen molar-refractivity contribution < 1.29 is 17.2 Å². The van der Waals surface area contributed by atoms with Gasteiger partial charge >= 0.3 is 0 Å². The van der Waals surface area contributed by atoms with Gasteiger partial charge in [0.1, 0.15) is 10.6 Å². The SMILES string of the molecule is Nc1cnc(C(F)F)c(N)c1S(=O)(=O)Cl. The maximum Gasteiger partial charge on any atom is 0.282 e. The molecule has 0 fully saturated rings. The van der Waals surface area contributed by atoms with E-state index in [-0.39, 0.29) is 5.69 Å². The van der Waals surface area contributed by atoms with Crippen LogP contribution in [0, 0.1) is 0 Å². The van der Waals surface area contributed by atoms with Crippen molar-refractivity contribution in [1.82, 2.24) is 4.98 Å². The first-order valence-electron chi connectivity index (χ1n) is 3.51. The van der Waals surface area contributed by atoms with Gasteiger partial charge in [-0.2, -0.15) is 0 Å². The summed E-state index contributed by atoms with van der Waals surface area (Å²) < 4.78 is 46.6. The molecule has 1 aromatic rings. The van der Waals surface area contributed by atoms with Crippen LogP contribution in [0.5, 0.6) is 0 Å². The summed E-state index contributed by atoms with van der Waals surface area (Å²) in [5.41, 5.74) is 8.46. The van der Waals surface area contributed by atoms with Crippen molar-refractivity contribution in [3.63, 3.8) is 0 Å². The van der Waals surface area contributed by atoms with Crippen LogP contribution >= 0.6 is 10.7 Å². The van der Waals surface area contributed by atoms with Crippen LogP contribution in [0.4, 0.5) is 20.2 Å². The Kier molecular flexibility index (Phi) is 3.00. The Hall–Kier alpha value is -1.15. The molecule has 0 aliphatic carbocycles. The van der Waals surface area contributed by atoms with Crippen molar-refractivity contribution in [3.05, 3.63) is 11.9 Å². The van der Waals surface area contributed by atoms with Gasteiger partial charge in [0.2, 0.25) is 0 Å². The Morgan fingerprint density at radius 3 is 2.33 bits per heavy atom.